The molecule has 2 rings (SSSR count). The number of hydrogen-bond acceptors (Lipinski definition) is 7. The van der Waals surface area contributed by atoms with Crippen LogP contribution in [0, 0.1) is 17.8 Å². The van der Waals surface area contributed by atoms with Crippen LogP contribution in [0.2, 0.25) is 0 Å². The first-order valence-electron chi connectivity index (χ1n) is 12.1. The van der Waals surface area contributed by atoms with Crippen molar-refractivity contribution in [2.24, 2.45) is 17.8 Å². The number of hydrogen-bond donors (Lipinski definition) is 2. The maximum atomic E-state index is 12.2. The van der Waals surface area contributed by atoms with Gasteiger partial charge in [0.2, 0.25) is 0 Å². The highest BCUT2D eigenvalue weighted by Crippen LogP contribution is 2.40. The van der Waals surface area contributed by atoms with Crippen molar-refractivity contribution < 1.29 is 24.5 Å². The second-order valence-electron chi connectivity index (χ2n) is 9.58. The lowest BCUT2D eigenvalue weighted by atomic mass is 9.87. The molecule has 0 aromatic carbocycles. The van der Waals surface area contributed by atoms with Crippen molar-refractivity contribution in [3.63, 3.8) is 0 Å². The third kappa shape index (κ3) is 9.47. The standard InChI is InChI=1S/C26H41IO5S2/c1-16(21(28)14-22(29)19(4)26(31-5)18(3)15-27)7-6-8-17(2)23-11-20(12-24(30)32-23)13-25-33-9-10-34-25/h6-8,15,17,19-23,25-26,28-29H,9-14H2,1-5H3/b8-6+,16-7+,18-15+/t17-,19+,20-,21+,22+,23-,26+/m1/s1. The third-order valence-electron chi connectivity index (χ3n) is 6.83. The highest BCUT2D eigenvalue weighted by molar-refractivity contribution is 14.1. The summed E-state index contributed by atoms with van der Waals surface area (Å²) in [4.78, 5) is 12.2. The number of esters is 1. The number of rotatable bonds is 12. The van der Waals surface area contributed by atoms with Gasteiger partial charge in [0.1, 0.15) is 6.10 Å². The summed E-state index contributed by atoms with van der Waals surface area (Å²) in [6.07, 6.45) is 6.94. The van der Waals surface area contributed by atoms with Crippen molar-refractivity contribution in [1.82, 2.24) is 0 Å². The predicted molar refractivity (Wildman–Crippen MR) is 152 cm³/mol. The van der Waals surface area contributed by atoms with Gasteiger partial charge in [0.15, 0.2) is 0 Å². The lowest BCUT2D eigenvalue weighted by molar-refractivity contribution is -0.159. The lowest BCUT2D eigenvalue weighted by Gasteiger charge is -2.32. The summed E-state index contributed by atoms with van der Waals surface area (Å²) in [7, 11) is 1.64. The Kier molecular flexibility index (Phi) is 13.6. The van der Waals surface area contributed by atoms with Crippen LogP contribution in [0.3, 0.4) is 0 Å². The van der Waals surface area contributed by atoms with E-state index in [0.29, 0.717) is 16.9 Å². The molecule has 2 fully saturated rings. The summed E-state index contributed by atoms with van der Waals surface area (Å²) >= 11 is 6.20. The molecule has 0 aromatic rings. The maximum absolute atomic E-state index is 12.2. The van der Waals surface area contributed by atoms with Gasteiger partial charge in [-0.15, -0.1) is 23.5 Å². The molecule has 0 aromatic heterocycles. The summed E-state index contributed by atoms with van der Waals surface area (Å²) in [6, 6.07) is 0. The van der Waals surface area contributed by atoms with Crippen LogP contribution in [0.25, 0.3) is 0 Å². The summed E-state index contributed by atoms with van der Waals surface area (Å²) in [5, 5.41) is 21.3. The summed E-state index contributed by atoms with van der Waals surface area (Å²) < 4.78 is 13.8. The van der Waals surface area contributed by atoms with E-state index in [1.54, 1.807) is 7.11 Å². The van der Waals surface area contributed by atoms with Crippen molar-refractivity contribution in [2.45, 2.75) is 82.4 Å². The van der Waals surface area contributed by atoms with E-state index in [1.807, 2.05) is 66.6 Å². The van der Waals surface area contributed by atoms with Crippen LogP contribution >= 0.6 is 46.1 Å². The maximum Gasteiger partial charge on any atom is 0.306 e. The van der Waals surface area contributed by atoms with Gasteiger partial charge in [0.05, 0.1) is 22.9 Å². The highest BCUT2D eigenvalue weighted by atomic mass is 127. The van der Waals surface area contributed by atoms with E-state index in [-0.39, 0.29) is 36.4 Å². The van der Waals surface area contributed by atoms with E-state index in [0.717, 1.165) is 24.0 Å². The minimum atomic E-state index is -0.739. The molecule has 0 radical (unpaired) electrons. The Morgan fingerprint density at radius 1 is 1.24 bits per heavy atom. The zero-order valence-corrected chi connectivity index (χ0v) is 24.8. The quantitative estimate of drug-likeness (QED) is 0.163. The Balaban J connectivity index is 1.88. The van der Waals surface area contributed by atoms with Crippen LogP contribution in [0.1, 0.15) is 53.4 Å². The normalized spacial score (nSPS) is 27.5. The smallest absolute Gasteiger partial charge is 0.306 e. The number of aliphatic hydroxyl groups is 2. The van der Waals surface area contributed by atoms with Crippen molar-refractivity contribution in [2.75, 3.05) is 18.6 Å². The second kappa shape index (κ2) is 15.3. The van der Waals surface area contributed by atoms with E-state index in [2.05, 4.69) is 29.5 Å². The van der Waals surface area contributed by atoms with Gasteiger partial charge in [-0.25, -0.2) is 0 Å². The van der Waals surface area contributed by atoms with Crippen molar-refractivity contribution in [3.8, 4) is 0 Å². The van der Waals surface area contributed by atoms with Crippen LogP contribution in [0.15, 0.2) is 33.5 Å². The summed E-state index contributed by atoms with van der Waals surface area (Å²) in [5.41, 5.74) is 1.85. The number of allylic oxidation sites excluding steroid dienone is 2. The number of carbonyl (C=O) groups excluding carboxylic acids is 1. The molecule has 194 valence electrons. The first-order valence-corrected chi connectivity index (χ1v) is 15.4. The van der Waals surface area contributed by atoms with Gasteiger partial charge in [-0.05, 0) is 47.8 Å². The molecule has 8 heteroatoms. The molecular weight excluding hydrogens is 583 g/mol. The van der Waals surface area contributed by atoms with E-state index in [9.17, 15) is 15.0 Å². The number of aliphatic hydroxyl groups excluding tert-OH is 2. The molecule has 2 heterocycles. The molecular formula is C26H41IO5S2. The zero-order chi connectivity index (χ0) is 25.3. The van der Waals surface area contributed by atoms with Gasteiger partial charge >= 0.3 is 5.97 Å². The van der Waals surface area contributed by atoms with Crippen molar-refractivity contribution >= 4 is 52.1 Å². The van der Waals surface area contributed by atoms with E-state index in [4.69, 9.17) is 9.47 Å². The Hall–Kier alpha value is -0.000000000000000111. The largest absolute Gasteiger partial charge is 0.462 e. The predicted octanol–water partition coefficient (Wildman–Crippen LogP) is 5.74. The Morgan fingerprint density at radius 2 is 1.91 bits per heavy atom. The number of halogens is 1. The topological polar surface area (TPSA) is 76.0 Å². The highest BCUT2D eigenvalue weighted by Gasteiger charge is 2.33. The average molecular weight is 625 g/mol. The minimum Gasteiger partial charge on any atom is -0.462 e. The van der Waals surface area contributed by atoms with Crippen LogP contribution in [-0.2, 0) is 14.3 Å². The van der Waals surface area contributed by atoms with Gasteiger partial charge in [0.25, 0.3) is 0 Å². The Morgan fingerprint density at radius 3 is 2.53 bits per heavy atom. The summed E-state index contributed by atoms with van der Waals surface area (Å²) in [5.74, 6) is 2.71. The third-order valence-corrected chi connectivity index (χ3v) is 10.9. The van der Waals surface area contributed by atoms with Gasteiger partial charge in [0, 0.05) is 43.3 Å². The second-order valence-corrected chi connectivity index (χ2v) is 13.1. The van der Waals surface area contributed by atoms with Crippen LogP contribution < -0.4 is 0 Å². The molecule has 0 unspecified atom stereocenters. The Labute approximate surface area is 227 Å². The first kappa shape index (κ1) is 30.2. The van der Waals surface area contributed by atoms with Crippen LogP contribution in [0.4, 0.5) is 0 Å². The fraction of sp³-hybridized carbons (Fsp3) is 0.731. The molecule has 2 aliphatic rings. The van der Waals surface area contributed by atoms with Gasteiger partial charge in [-0.3, -0.25) is 4.79 Å². The number of carbonyl (C=O) groups is 1. The fourth-order valence-corrected chi connectivity index (χ4v) is 7.98. The van der Waals surface area contributed by atoms with Crippen molar-refractivity contribution in [3.05, 3.63) is 33.5 Å². The summed E-state index contributed by atoms with van der Waals surface area (Å²) in [6.45, 7) is 7.87. The molecule has 0 aliphatic carbocycles. The average Bonchev–Trinajstić information content (AvgIpc) is 3.31. The first-order chi connectivity index (χ1) is 16.2. The molecule has 5 nitrogen and oxygen atoms in total. The lowest BCUT2D eigenvalue weighted by Crippen LogP contribution is -2.34. The van der Waals surface area contributed by atoms with E-state index in [1.165, 1.54) is 11.5 Å². The number of cyclic esters (lactones) is 1. The molecule has 0 bridgehead atoms. The van der Waals surface area contributed by atoms with Gasteiger partial charge < -0.3 is 19.7 Å². The molecule has 0 spiro atoms. The minimum absolute atomic E-state index is 0.0817. The number of thioether (sulfide) groups is 2. The molecule has 0 amide bonds. The van der Waals surface area contributed by atoms with E-state index < -0.39 is 12.2 Å². The van der Waals surface area contributed by atoms with E-state index >= 15 is 0 Å². The SMILES string of the molecule is CO[C@@H](/C(C)=C/I)[C@@H](C)[C@@H](O)C[C@H](O)/C(C)=C/C=C/[C@@H](C)[C@H]1C[C@@H](CC2SCCS2)CC(=O)O1. The molecule has 7 atom stereocenters. The molecule has 2 saturated heterocycles. The van der Waals surface area contributed by atoms with Crippen LogP contribution in [-0.4, -0.2) is 63.8 Å². The Bertz CT molecular complexity index is 735. The number of ether oxygens (including phenoxy) is 2. The number of methoxy groups -OCH3 is 1. The molecule has 2 aliphatic heterocycles. The van der Waals surface area contributed by atoms with Gasteiger partial charge in [-0.2, -0.15) is 0 Å². The fourth-order valence-electron chi connectivity index (χ4n) is 4.56. The van der Waals surface area contributed by atoms with Gasteiger partial charge in [-0.1, -0.05) is 54.7 Å². The van der Waals surface area contributed by atoms with Crippen molar-refractivity contribution in [1.29, 1.82) is 0 Å². The monoisotopic (exact) mass is 624 g/mol. The molecule has 0 saturated carbocycles. The zero-order valence-electron chi connectivity index (χ0n) is 21.0. The van der Waals surface area contributed by atoms with Crippen LogP contribution in [0.5, 0.6) is 0 Å². The molecule has 34 heavy (non-hydrogen) atoms. The molecule has 2 N–H and O–H groups in total.